The molecule has 0 fully saturated rings. The van der Waals surface area contributed by atoms with Crippen molar-refractivity contribution >= 4 is 44.9 Å². The molecule has 11 heteroatoms. The minimum atomic E-state index is -3.85. The molecule has 1 N–H and O–H groups in total. The standard InChI is InChI=1S/C17H16N2O7S2/c1-27-14-6-4-3-5-12(14)18-16(20)10-26-17(21)11-7-8-15(28(2,24)25)13(9-11)19(22)23/h3-9H,10H2,1-2H3,(H,18,20). The van der Waals surface area contributed by atoms with Gasteiger partial charge in [0.25, 0.3) is 11.6 Å². The third-order valence-corrected chi connectivity index (χ3v) is 5.45. The number of para-hydroxylation sites is 1. The van der Waals surface area contributed by atoms with Gasteiger partial charge in [0.05, 0.1) is 16.2 Å². The molecule has 0 spiro atoms. The predicted octanol–water partition coefficient (Wildman–Crippen LogP) is 2.52. The summed E-state index contributed by atoms with van der Waals surface area (Å²) >= 11 is 1.43. The van der Waals surface area contributed by atoms with Crippen LogP contribution in [0.2, 0.25) is 0 Å². The fourth-order valence-corrected chi connectivity index (χ4v) is 3.63. The van der Waals surface area contributed by atoms with Crippen molar-refractivity contribution in [1.29, 1.82) is 0 Å². The van der Waals surface area contributed by atoms with E-state index in [9.17, 15) is 28.1 Å². The van der Waals surface area contributed by atoms with Crippen LogP contribution in [0.3, 0.4) is 0 Å². The van der Waals surface area contributed by atoms with Crippen LogP contribution in [0.4, 0.5) is 11.4 Å². The Kier molecular flexibility index (Phi) is 6.75. The molecule has 0 saturated carbocycles. The van der Waals surface area contributed by atoms with E-state index in [4.69, 9.17) is 4.74 Å². The number of nitrogens with zero attached hydrogens (tertiary/aromatic N) is 1. The molecule has 0 aliphatic carbocycles. The number of carbonyl (C=O) groups excluding carboxylic acids is 2. The van der Waals surface area contributed by atoms with Gasteiger partial charge in [-0.2, -0.15) is 0 Å². The summed E-state index contributed by atoms with van der Waals surface area (Å²) in [6.45, 7) is -0.608. The van der Waals surface area contributed by atoms with E-state index in [0.717, 1.165) is 29.4 Å². The van der Waals surface area contributed by atoms with Gasteiger partial charge in [0, 0.05) is 17.2 Å². The Labute approximate surface area is 165 Å². The van der Waals surface area contributed by atoms with Gasteiger partial charge < -0.3 is 10.1 Å². The highest BCUT2D eigenvalue weighted by Gasteiger charge is 2.24. The van der Waals surface area contributed by atoms with Crippen LogP contribution in [0.5, 0.6) is 0 Å². The summed E-state index contributed by atoms with van der Waals surface area (Å²) in [5, 5.41) is 13.7. The molecule has 2 rings (SSSR count). The number of sulfone groups is 1. The molecular weight excluding hydrogens is 408 g/mol. The largest absolute Gasteiger partial charge is 0.452 e. The number of nitro groups is 1. The Balaban J connectivity index is 2.10. The minimum absolute atomic E-state index is 0.239. The van der Waals surface area contributed by atoms with Crippen LogP contribution in [0, 0.1) is 10.1 Å². The number of nitro benzene ring substituents is 1. The minimum Gasteiger partial charge on any atom is -0.452 e. The third kappa shape index (κ3) is 5.30. The van der Waals surface area contributed by atoms with Crippen LogP contribution in [-0.4, -0.2) is 44.3 Å². The lowest BCUT2D eigenvalue weighted by Gasteiger charge is -2.10. The fourth-order valence-electron chi connectivity index (χ4n) is 2.25. The molecule has 0 radical (unpaired) electrons. The van der Waals surface area contributed by atoms with Gasteiger partial charge in [0.2, 0.25) is 0 Å². The monoisotopic (exact) mass is 424 g/mol. The first-order valence-electron chi connectivity index (χ1n) is 7.72. The number of thioether (sulfide) groups is 1. The van der Waals surface area contributed by atoms with E-state index in [1.807, 2.05) is 18.4 Å². The van der Waals surface area contributed by atoms with Crippen molar-refractivity contribution in [3.05, 3.63) is 58.1 Å². The van der Waals surface area contributed by atoms with Crippen LogP contribution in [0.25, 0.3) is 0 Å². The number of anilines is 1. The highest BCUT2D eigenvalue weighted by atomic mass is 32.2. The molecule has 1 amide bonds. The Bertz CT molecular complexity index is 1040. The predicted molar refractivity (Wildman–Crippen MR) is 103 cm³/mol. The van der Waals surface area contributed by atoms with Gasteiger partial charge in [0.1, 0.15) is 4.90 Å². The van der Waals surface area contributed by atoms with E-state index >= 15 is 0 Å². The summed E-state index contributed by atoms with van der Waals surface area (Å²) in [5.74, 6) is -1.58. The highest BCUT2D eigenvalue weighted by molar-refractivity contribution is 7.98. The van der Waals surface area contributed by atoms with E-state index in [1.54, 1.807) is 12.1 Å². The van der Waals surface area contributed by atoms with Crippen molar-refractivity contribution in [2.45, 2.75) is 9.79 Å². The molecule has 9 nitrogen and oxygen atoms in total. The fraction of sp³-hybridized carbons (Fsp3) is 0.176. The molecule has 0 heterocycles. The normalized spacial score (nSPS) is 10.9. The quantitative estimate of drug-likeness (QED) is 0.310. The zero-order chi connectivity index (χ0) is 20.9. The number of amides is 1. The molecule has 0 bridgehead atoms. The molecule has 0 aliphatic heterocycles. The number of carbonyl (C=O) groups is 2. The SMILES string of the molecule is CSc1ccccc1NC(=O)COC(=O)c1ccc(S(C)(=O)=O)c([N+](=O)[O-])c1. The number of rotatable bonds is 7. The average Bonchev–Trinajstić information content (AvgIpc) is 2.65. The Morgan fingerprint density at radius 1 is 1.21 bits per heavy atom. The Hall–Kier alpha value is -2.92. The number of hydrogen-bond acceptors (Lipinski definition) is 8. The number of benzene rings is 2. The second-order valence-corrected chi connectivity index (χ2v) is 8.37. The lowest BCUT2D eigenvalue weighted by atomic mass is 10.2. The summed E-state index contributed by atoms with van der Waals surface area (Å²) in [5.41, 5.74) is -0.420. The molecule has 2 aromatic rings. The first kappa shape index (κ1) is 21.4. The third-order valence-electron chi connectivity index (χ3n) is 3.51. The maximum Gasteiger partial charge on any atom is 0.338 e. The van der Waals surface area contributed by atoms with Crippen LogP contribution >= 0.6 is 11.8 Å². The molecule has 28 heavy (non-hydrogen) atoms. The van der Waals surface area contributed by atoms with Crippen LogP contribution in [0.1, 0.15) is 10.4 Å². The summed E-state index contributed by atoms with van der Waals surface area (Å²) in [6, 6.07) is 9.91. The summed E-state index contributed by atoms with van der Waals surface area (Å²) < 4.78 is 28.1. The Morgan fingerprint density at radius 2 is 1.89 bits per heavy atom. The van der Waals surface area contributed by atoms with Crippen LogP contribution in [0.15, 0.2) is 52.3 Å². The van der Waals surface area contributed by atoms with E-state index in [-0.39, 0.29) is 5.56 Å². The molecule has 0 atom stereocenters. The van der Waals surface area contributed by atoms with Crippen LogP contribution in [-0.2, 0) is 19.4 Å². The molecule has 2 aromatic carbocycles. The van der Waals surface area contributed by atoms with Crippen molar-refractivity contribution in [3.8, 4) is 0 Å². The zero-order valence-electron chi connectivity index (χ0n) is 14.9. The van der Waals surface area contributed by atoms with Gasteiger partial charge >= 0.3 is 5.97 Å². The van der Waals surface area contributed by atoms with Crippen LogP contribution < -0.4 is 5.32 Å². The van der Waals surface area contributed by atoms with Gasteiger partial charge in [-0.25, -0.2) is 13.2 Å². The summed E-state index contributed by atoms with van der Waals surface area (Å²) in [6.07, 6.45) is 2.67. The van der Waals surface area contributed by atoms with Gasteiger partial charge in [-0.15, -0.1) is 11.8 Å². The van der Waals surface area contributed by atoms with Crippen molar-refractivity contribution in [2.75, 3.05) is 24.4 Å². The van der Waals surface area contributed by atoms with Gasteiger partial charge in [-0.3, -0.25) is 14.9 Å². The van der Waals surface area contributed by atoms with Gasteiger partial charge in [-0.1, -0.05) is 12.1 Å². The lowest BCUT2D eigenvalue weighted by Crippen LogP contribution is -2.21. The maximum absolute atomic E-state index is 12.1. The van der Waals surface area contributed by atoms with E-state index in [1.165, 1.54) is 11.8 Å². The first-order valence-corrected chi connectivity index (χ1v) is 10.8. The maximum atomic E-state index is 12.1. The molecule has 0 saturated heterocycles. The molecule has 0 aliphatic rings. The van der Waals surface area contributed by atoms with Gasteiger partial charge in [0.15, 0.2) is 16.4 Å². The van der Waals surface area contributed by atoms with Gasteiger partial charge in [-0.05, 0) is 30.5 Å². The smallest absolute Gasteiger partial charge is 0.338 e. The number of ether oxygens (including phenoxy) is 1. The Morgan fingerprint density at radius 3 is 2.50 bits per heavy atom. The first-order chi connectivity index (χ1) is 13.1. The second-order valence-electron chi connectivity index (χ2n) is 5.54. The van der Waals surface area contributed by atoms with E-state index in [0.29, 0.717) is 5.69 Å². The average molecular weight is 424 g/mol. The van der Waals surface area contributed by atoms with E-state index < -0.39 is 43.8 Å². The zero-order valence-corrected chi connectivity index (χ0v) is 16.5. The van der Waals surface area contributed by atoms with Crippen molar-refractivity contribution in [1.82, 2.24) is 0 Å². The van der Waals surface area contributed by atoms with Crippen molar-refractivity contribution < 1.29 is 27.7 Å². The number of esters is 1. The second kappa shape index (κ2) is 8.85. The summed E-state index contributed by atoms with van der Waals surface area (Å²) in [4.78, 5) is 34.6. The molecule has 0 unspecified atom stereocenters. The number of hydrogen-bond donors (Lipinski definition) is 1. The topological polar surface area (TPSA) is 133 Å². The molecular formula is C17H16N2O7S2. The molecule has 0 aromatic heterocycles. The van der Waals surface area contributed by atoms with E-state index in [2.05, 4.69) is 5.32 Å². The van der Waals surface area contributed by atoms with Crippen molar-refractivity contribution in [3.63, 3.8) is 0 Å². The molecule has 148 valence electrons. The van der Waals surface area contributed by atoms with Crippen molar-refractivity contribution in [2.24, 2.45) is 0 Å². The summed E-state index contributed by atoms with van der Waals surface area (Å²) in [7, 11) is -3.85. The number of nitrogens with one attached hydrogen (secondary N) is 1. The lowest BCUT2D eigenvalue weighted by molar-refractivity contribution is -0.387. The highest BCUT2D eigenvalue weighted by Crippen LogP contribution is 2.26.